The summed E-state index contributed by atoms with van der Waals surface area (Å²) >= 11 is 0. The lowest BCUT2D eigenvalue weighted by Crippen LogP contribution is -2.28. The second-order valence-electron chi connectivity index (χ2n) is 9.17. The van der Waals surface area contributed by atoms with Gasteiger partial charge in [-0.15, -0.1) is 0 Å². The number of aryl methyl sites for hydroxylation is 2. The van der Waals surface area contributed by atoms with E-state index in [-0.39, 0.29) is 6.04 Å². The van der Waals surface area contributed by atoms with Gasteiger partial charge in [0.05, 0.1) is 25.0 Å². The monoisotopic (exact) mass is 477 g/mol. The number of rotatable bonds is 7. The van der Waals surface area contributed by atoms with Crippen LogP contribution in [0, 0.1) is 13.8 Å². The van der Waals surface area contributed by atoms with Gasteiger partial charge in [-0.2, -0.15) is 10.2 Å². The summed E-state index contributed by atoms with van der Waals surface area (Å²) in [6, 6.07) is 23.1. The van der Waals surface area contributed by atoms with Gasteiger partial charge in [-0.25, -0.2) is 0 Å². The van der Waals surface area contributed by atoms with Crippen molar-refractivity contribution in [1.29, 1.82) is 0 Å². The van der Waals surface area contributed by atoms with Gasteiger partial charge in [-0.1, -0.05) is 54.6 Å². The summed E-state index contributed by atoms with van der Waals surface area (Å²) in [5.41, 5.74) is 9.19. The summed E-state index contributed by atoms with van der Waals surface area (Å²) in [4.78, 5) is 0. The number of fused-ring (bicyclic) bond motifs is 1. The van der Waals surface area contributed by atoms with Crippen molar-refractivity contribution in [3.05, 3.63) is 113 Å². The van der Waals surface area contributed by atoms with Crippen molar-refractivity contribution in [3.8, 4) is 22.6 Å². The van der Waals surface area contributed by atoms with Crippen LogP contribution in [0.1, 0.15) is 39.6 Å². The molecule has 0 amide bonds. The first-order valence-electron chi connectivity index (χ1n) is 12.3. The van der Waals surface area contributed by atoms with Crippen LogP contribution in [0.3, 0.4) is 0 Å². The molecule has 5 heteroatoms. The molecule has 1 N–H and O–H groups in total. The van der Waals surface area contributed by atoms with E-state index in [0.717, 1.165) is 46.8 Å². The molecule has 4 aromatic rings. The number of hydrogen-bond donors (Lipinski definition) is 1. The Morgan fingerprint density at radius 1 is 0.972 bits per heavy atom. The number of nitrogens with one attached hydrogen (secondary N) is 1. The van der Waals surface area contributed by atoms with Gasteiger partial charge in [0.2, 0.25) is 0 Å². The van der Waals surface area contributed by atoms with Crippen LogP contribution in [0.25, 0.3) is 17.2 Å². The van der Waals surface area contributed by atoms with E-state index in [4.69, 9.17) is 9.47 Å². The summed E-state index contributed by atoms with van der Waals surface area (Å²) < 4.78 is 11.9. The number of hydrogen-bond acceptors (Lipinski definition) is 5. The molecule has 0 saturated carbocycles. The average molecular weight is 478 g/mol. The molecule has 5 rings (SSSR count). The molecule has 0 radical (unpaired) electrons. The van der Waals surface area contributed by atoms with Crippen LogP contribution in [-0.4, -0.2) is 23.9 Å². The molecule has 0 saturated heterocycles. The Balaban J connectivity index is 1.40. The van der Waals surface area contributed by atoms with Crippen LogP contribution in [0.15, 0.2) is 79.0 Å². The normalized spacial score (nSPS) is 15.0. The lowest BCUT2D eigenvalue weighted by atomic mass is 9.92. The van der Waals surface area contributed by atoms with Gasteiger partial charge in [-0.05, 0) is 77.9 Å². The molecule has 1 aromatic heterocycles. The maximum atomic E-state index is 6.15. The number of ether oxygens (including phenoxy) is 2. The number of nitrogens with zero attached hydrogens (tertiary/aromatic N) is 2. The third-order valence-electron chi connectivity index (χ3n) is 6.61. The van der Waals surface area contributed by atoms with Crippen LogP contribution in [0.2, 0.25) is 0 Å². The van der Waals surface area contributed by atoms with E-state index in [1.165, 1.54) is 22.3 Å². The van der Waals surface area contributed by atoms with Crippen molar-refractivity contribution in [2.75, 3.05) is 13.7 Å². The van der Waals surface area contributed by atoms with Crippen LogP contribution in [-0.2, 0) is 13.0 Å². The van der Waals surface area contributed by atoms with Gasteiger partial charge in [-0.3, -0.25) is 0 Å². The number of methoxy groups -OCH3 is 1. The van der Waals surface area contributed by atoms with E-state index < -0.39 is 0 Å². The second-order valence-corrected chi connectivity index (χ2v) is 9.17. The van der Waals surface area contributed by atoms with E-state index in [2.05, 4.69) is 83.1 Å². The third kappa shape index (κ3) is 5.31. The molecule has 1 aliphatic rings. The van der Waals surface area contributed by atoms with E-state index >= 15 is 0 Å². The first-order valence-corrected chi connectivity index (χ1v) is 12.3. The highest BCUT2D eigenvalue weighted by atomic mass is 16.5. The molecule has 1 aliphatic heterocycles. The lowest BCUT2D eigenvalue weighted by molar-refractivity contribution is 0.283. The molecule has 3 aromatic carbocycles. The van der Waals surface area contributed by atoms with Crippen molar-refractivity contribution in [2.45, 2.75) is 32.9 Å². The Morgan fingerprint density at radius 3 is 2.64 bits per heavy atom. The number of benzene rings is 3. The fourth-order valence-corrected chi connectivity index (χ4v) is 4.61. The smallest absolute Gasteiger partial charge is 0.161 e. The highest BCUT2D eigenvalue weighted by molar-refractivity contribution is 5.69. The van der Waals surface area contributed by atoms with E-state index in [9.17, 15) is 0 Å². The Bertz CT molecular complexity index is 1380. The molecule has 1 atom stereocenters. The molecule has 5 nitrogen and oxygen atoms in total. The standard InChI is InChI=1S/C31H31N3O2/c1-21-9-10-25(27-15-22(2)34-33-19-27)16-24(21)11-12-29-28-18-30(35-3)31(17-26(28)13-14-32-29)36-20-23-7-5-4-6-8-23/h4-12,15-19,29,32H,13-14,20H2,1-3H3/b12-11+. The zero-order valence-electron chi connectivity index (χ0n) is 21.0. The molecule has 182 valence electrons. The Morgan fingerprint density at radius 2 is 1.83 bits per heavy atom. The minimum atomic E-state index is 0.0960. The van der Waals surface area contributed by atoms with Gasteiger partial charge in [0.15, 0.2) is 11.5 Å². The summed E-state index contributed by atoms with van der Waals surface area (Å²) in [5.74, 6) is 1.54. The third-order valence-corrected chi connectivity index (χ3v) is 6.61. The van der Waals surface area contributed by atoms with Crippen molar-refractivity contribution in [3.63, 3.8) is 0 Å². The minimum Gasteiger partial charge on any atom is -0.493 e. The molecule has 0 aliphatic carbocycles. The van der Waals surface area contributed by atoms with Crippen molar-refractivity contribution in [2.24, 2.45) is 0 Å². The minimum absolute atomic E-state index is 0.0960. The maximum Gasteiger partial charge on any atom is 0.161 e. The Kier molecular flexibility index (Phi) is 7.10. The zero-order chi connectivity index (χ0) is 24.9. The molecule has 0 bridgehead atoms. The van der Waals surface area contributed by atoms with Gasteiger partial charge in [0.25, 0.3) is 0 Å². The molecule has 1 unspecified atom stereocenters. The quantitative estimate of drug-likeness (QED) is 0.341. The molecular weight excluding hydrogens is 446 g/mol. The second kappa shape index (κ2) is 10.8. The molecule has 2 heterocycles. The summed E-state index contributed by atoms with van der Waals surface area (Å²) in [6.07, 6.45) is 7.21. The highest BCUT2D eigenvalue weighted by Gasteiger charge is 2.21. The van der Waals surface area contributed by atoms with Crippen LogP contribution < -0.4 is 14.8 Å². The Labute approximate surface area is 212 Å². The maximum absolute atomic E-state index is 6.15. The Hall–Kier alpha value is -3.96. The predicted octanol–water partition coefficient (Wildman–Crippen LogP) is 6.25. The first-order chi connectivity index (χ1) is 17.6. The zero-order valence-corrected chi connectivity index (χ0v) is 21.0. The molecule has 36 heavy (non-hydrogen) atoms. The summed E-state index contributed by atoms with van der Waals surface area (Å²) in [6.45, 7) is 5.53. The van der Waals surface area contributed by atoms with Crippen molar-refractivity contribution < 1.29 is 9.47 Å². The van der Waals surface area contributed by atoms with Gasteiger partial charge in [0, 0.05) is 12.1 Å². The topological polar surface area (TPSA) is 56.3 Å². The first kappa shape index (κ1) is 23.8. The largest absolute Gasteiger partial charge is 0.493 e. The van der Waals surface area contributed by atoms with Crippen molar-refractivity contribution >= 4 is 6.08 Å². The van der Waals surface area contributed by atoms with E-state index in [0.29, 0.717) is 6.61 Å². The molecular formula is C31H31N3O2. The average Bonchev–Trinajstić information content (AvgIpc) is 2.91. The van der Waals surface area contributed by atoms with Gasteiger partial charge < -0.3 is 14.8 Å². The fraction of sp³-hybridized carbons (Fsp3) is 0.226. The van der Waals surface area contributed by atoms with E-state index in [1.54, 1.807) is 7.11 Å². The molecule has 0 spiro atoms. The molecule has 0 fully saturated rings. The van der Waals surface area contributed by atoms with Gasteiger partial charge in [0.1, 0.15) is 6.61 Å². The summed E-state index contributed by atoms with van der Waals surface area (Å²) in [5, 5.41) is 11.8. The van der Waals surface area contributed by atoms with Crippen molar-refractivity contribution in [1.82, 2.24) is 15.5 Å². The lowest BCUT2D eigenvalue weighted by Gasteiger charge is -2.26. The van der Waals surface area contributed by atoms with Crippen LogP contribution >= 0.6 is 0 Å². The highest BCUT2D eigenvalue weighted by Crippen LogP contribution is 2.36. The van der Waals surface area contributed by atoms with Crippen LogP contribution in [0.5, 0.6) is 11.5 Å². The predicted molar refractivity (Wildman–Crippen MR) is 144 cm³/mol. The SMILES string of the molecule is COc1cc2c(cc1OCc1ccccc1)CCNC2/C=C/c1cc(-c2cnnc(C)c2)ccc1C. The van der Waals surface area contributed by atoms with Gasteiger partial charge >= 0.3 is 0 Å². The fourth-order valence-electron chi connectivity index (χ4n) is 4.61. The number of aromatic nitrogens is 2. The van der Waals surface area contributed by atoms with E-state index in [1.807, 2.05) is 31.3 Å². The summed E-state index contributed by atoms with van der Waals surface area (Å²) in [7, 11) is 1.70. The van der Waals surface area contributed by atoms with Crippen LogP contribution in [0.4, 0.5) is 0 Å².